The summed E-state index contributed by atoms with van der Waals surface area (Å²) >= 11 is 1.81. The molecule has 6 nitrogen and oxygen atoms in total. The summed E-state index contributed by atoms with van der Waals surface area (Å²) in [4.78, 5) is 21.2. The molecular formula is C13H20N4O2S. The number of aliphatic hydroxyl groups excluding tert-OH is 1. The molecule has 0 radical (unpaired) electrons. The van der Waals surface area contributed by atoms with E-state index in [4.69, 9.17) is 0 Å². The molecule has 0 aromatic carbocycles. The first-order chi connectivity index (χ1) is 9.61. The molecule has 0 spiro atoms. The standard InChI is InChI=1S/C13H20N4O2S/c1-8(2)20-6-10(5-18)14-3-9-4-15-12-11(9)16-7-17-13(12)19/h4,7-8,10,14-15,18H,3,5-6H2,1-2H3,(H,16,17,19)/t10-/m0/s1. The van der Waals surface area contributed by atoms with E-state index in [0.29, 0.717) is 22.8 Å². The third-order valence-corrected chi connectivity index (χ3v) is 4.24. The van der Waals surface area contributed by atoms with Gasteiger partial charge in [-0.05, 0) is 5.25 Å². The number of aromatic nitrogens is 3. The van der Waals surface area contributed by atoms with Crippen molar-refractivity contribution < 1.29 is 5.11 Å². The minimum Gasteiger partial charge on any atom is -0.395 e. The molecule has 0 aliphatic carbocycles. The molecule has 110 valence electrons. The Morgan fingerprint density at radius 3 is 2.95 bits per heavy atom. The molecule has 1 atom stereocenters. The second-order valence-corrected chi connectivity index (χ2v) is 6.52. The van der Waals surface area contributed by atoms with Gasteiger partial charge in [-0.1, -0.05) is 13.8 Å². The molecule has 2 aromatic rings. The fraction of sp³-hybridized carbons (Fsp3) is 0.538. The van der Waals surface area contributed by atoms with Gasteiger partial charge in [-0.2, -0.15) is 11.8 Å². The number of aliphatic hydroxyl groups is 1. The van der Waals surface area contributed by atoms with Gasteiger partial charge in [-0.25, -0.2) is 4.98 Å². The van der Waals surface area contributed by atoms with Crippen LogP contribution in [0.25, 0.3) is 11.0 Å². The van der Waals surface area contributed by atoms with Gasteiger partial charge in [0, 0.05) is 30.1 Å². The fourth-order valence-corrected chi connectivity index (χ4v) is 2.72. The predicted molar refractivity (Wildman–Crippen MR) is 82.0 cm³/mol. The smallest absolute Gasteiger partial charge is 0.275 e. The Balaban J connectivity index is 2.01. The highest BCUT2D eigenvalue weighted by atomic mass is 32.2. The number of fused-ring (bicyclic) bond motifs is 1. The molecule has 0 saturated heterocycles. The molecule has 2 aromatic heterocycles. The minimum absolute atomic E-state index is 0.0364. The molecule has 0 aliphatic heterocycles. The van der Waals surface area contributed by atoms with E-state index < -0.39 is 0 Å². The normalized spacial score (nSPS) is 13.2. The zero-order valence-corrected chi connectivity index (χ0v) is 12.5. The highest BCUT2D eigenvalue weighted by molar-refractivity contribution is 7.99. The first kappa shape index (κ1) is 15.1. The average molecular weight is 296 g/mol. The third-order valence-electron chi connectivity index (χ3n) is 2.98. The number of H-pyrrole nitrogens is 2. The summed E-state index contributed by atoms with van der Waals surface area (Å²) in [6.07, 6.45) is 3.18. The molecule has 0 saturated carbocycles. The van der Waals surface area contributed by atoms with Crippen molar-refractivity contribution in [2.24, 2.45) is 0 Å². The molecule has 20 heavy (non-hydrogen) atoms. The summed E-state index contributed by atoms with van der Waals surface area (Å²) in [5.41, 5.74) is 1.92. The first-order valence-electron chi connectivity index (χ1n) is 6.61. The van der Waals surface area contributed by atoms with Gasteiger partial charge in [0.1, 0.15) is 5.52 Å². The minimum atomic E-state index is -0.171. The predicted octanol–water partition coefficient (Wildman–Crippen LogP) is 0.843. The van der Waals surface area contributed by atoms with E-state index in [1.54, 1.807) is 18.0 Å². The van der Waals surface area contributed by atoms with Crippen molar-refractivity contribution in [3.63, 3.8) is 0 Å². The zero-order valence-electron chi connectivity index (χ0n) is 11.6. The Morgan fingerprint density at radius 2 is 2.25 bits per heavy atom. The largest absolute Gasteiger partial charge is 0.395 e. The molecule has 0 unspecified atom stereocenters. The van der Waals surface area contributed by atoms with Gasteiger partial charge in [-0.3, -0.25) is 4.79 Å². The van der Waals surface area contributed by atoms with Gasteiger partial charge in [0.15, 0.2) is 0 Å². The Hall–Kier alpha value is -1.31. The van der Waals surface area contributed by atoms with E-state index in [1.807, 2.05) is 0 Å². The lowest BCUT2D eigenvalue weighted by atomic mass is 10.2. The monoisotopic (exact) mass is 296 g/mol. The molecule has 0 bridgehead atoms. The van der Waals surface area contributed by atoms with Crippen LogP contribution < -0.4 is 10.9 Å². The highest BCUT2D eigenvalue weighted by Crippen LogP contribution is 2.13. The third kappa shape index (κ3) is 3.62. The van der Waals surface area contributed by atoms with Crippen LogP contribution in [0.4, 0.5) is 0 Å². The molecule has 0 amide bonds. The number of aromatic amines is 2. The lowest BCUT2D eigenvalue weighted by Crippen LogP contribution is -2.34. The SMILES string of the molecule is CC(C)SC[C@H](CO)NCc1c[nH]c2c(=O)[nH]cnc12. The van der Waals surface area contributed by atoms with Gasteiger partial charge in [0.05, 0.1) is 18.5 Å². The van der Waals surface area contributed by atoms with E-state index in [0.717, 1.165) is 11.3 Å². The Kier molecular flexibility index (Phi) is 5.22. The second-order valence-electron chi connectivity index (χ2n) is 4.91. The maximum absolute atomic E-state index is 11.6. The summed E-state index contributed by atoms with van der Waals surface area (Å²) in [5.74, 6) is 0.852. The van der Waals surface area contributed by atoms with Crippen molar-refractivity contribution in [3.8, 4) is 0 Å². The number of hydrogen-bond acceptors (Lipinski definition) is 5. The fourth-order valence-electron chi connectivity index (χ4n) is 1.88. The van der Waals surface area contributed by atoms with Crippen molar-refractivity contribution >= 4 is 22.8 Å². The van der Waals surface area contributed by atoms with Gasteiger partial charge < -0.3 is 20.4 Å². The summed E-state index contributed by atoms with van der Waals surface area (Å²) in [7, 11) is 0. The van der Waals surface area contributed by atoms with Crippen LogP contribution in [0.2, 0.25) is 0 Å². The summed E-state index contributed by atoms with van der Waals surface area (Å²) in [5, 5.41) is 13.2. The molecule has 4 N–H and O–H groups in total. The lowest BCUT2D eigenvalue weighted by molar-refractivity contribution is 0.253. The summed E-state index contributed by atoms with van der Waals surface area (Å²) < 4.78 is 0. The van der Waals surface area contributed by atoms with Gasteiger partial charge in [0.25, 0.3) is 5.56 Å². The second kappa shape index (κ2) is 6.92. The van der Waals surface area contributed by atoms with Crippen LogP contribution >= 0.6 is 11.8 Å². The van der Waals surface area contributed by atoms with Crippen LogP contribution in [0, 0.1) is 0 Å². The number of thioether (sulfide) groups is 1. The number of rotatable bonds is 7. The number of hydrogen-bond donors (Lipinski definition) is 4. The Labute approximate surface area is 121 Å². The quantitative estimate of drug-likeness (QED) is 0.607. The van der Waals surface area contributed by atoms with E-state index in [9.17, 15) is 9.90 Å². The van der Waals surface area contributed by atoms with Crippen molar-refractivity contribution in [1.82, 2.24) is 20.3 Å². The topological polar surface area (TPSA) is 93.8 Å². The zero-order chi connectivity index (χ0) is 14.5. The average Bonchev–Trinajstić information content (AvgIpc) is 2.83. The number of nitrogens with zero attached hydrogens (tertiary/aromatic N) is 1. The molecule has 2 rings (SSSR count). The van der Waals surface area contributed by atoms with Crippen molar-refractivity contribution in [1.29, 1.82) is 0 Å². The molecule has 0 fully saturated rings. The first-order valence-corrected chi connectivity index (χ1v) is 7.66. The number of nitrogens with one attached hydrogen (secondary N) is 3. The molecule has 0 aliphatic rings. The van der Waals surface area contributed by atoms with Gasteiger partial charge in [-0.15, -0.1) is 0 Å². The van der Waals surface area contributed by atoms with E-state index in [2.05, 4.69) is 34.1 Å². The van der Waals surface area contributed by atoms with Crippen LogP contribution in [0.3, 0.4) is 0 Å². The van der Waals surface area contributed by atoms with E-state index >= 15 is 0 Å². The maximum atomic E-state index is 11.6. The highest BCUT2D eigenvalue weighted by Gasteiger charge is 2.11. The molecule has 7 heteroatoms. The van der Waals surface area contributed by atoms with Gasteiger partial charge >= 0.3 is 0 Å². The summed E-state index contributed by atoms with van der Waals surface area (Å²) in [6.45, 7) is 4.93. The molecular weight excluding hydrogens is 276 g/mol. The molecule has 2 heterocycles. The Morgan fingerprint density at radius 1 is 1.45 bits per heavy atom. The van der Waals surface area contributed by atoms with Crippen LogP contribution in [0.15, 0.2) is 17.3 Å². The lowest BCUT2D eigenvalue weighted by Gasteiger charge is -2.16. The maximum Gasteiger partial charge on any atom is 0.275 e. The van der Waals surface area contributed by atoms with Crippen molar-refractivity contribution in [2.45, 2.75) is 31.7 Å². The van der Waals surface area contributed by atoms with Crippen LogP contribution in [0.1, 0.15) is 19.4 Å². The van der Waals surface area contributed by atoms with Crippen molar-refractivity contribution in [3.05, 3.63) is 28.4 Å². The van der Waals surface area contributed by atoms with Gasteiger partial charge in [0.2, 0.25) is 0 Å². The van der Waals surface area contributed by atoms with E-state index in [1.165, 1.54) is 6.33 Å². The van der Waals surface area contributed by atoms with Crippen LogP contribution in [0.5, 0.6) is 0 Å². The van der Waals surface area contributed by atoms with Crippen LogP contribution in [-0.4, -0.2) is 43.7 Å². The Bertz CT molecular complexity index is 608. The van der Waals surface area contributed by atoms with E-state index in [-0.39, 0.29) is 18.2 Å². The van der Waals surface area contributed by atoms with Crippen LogP contribution in [-0.2, 0) is 6.54 Å². The van der Waals surface area contributed by atoms with Crippen molar-refractivity contribution in [2.75, 3.05) is 12.4 Å². The summed E-state index contributed by atoms with van der Waals surface area (Å²) in [6, 6.07) is 0.0364.